The van der Waals surface area contributed by atoms with E-state index in [2.05, 4.69) is 45.1 Å². The number of aromatic amines is 1. The summed E-state index contributed by atoms with van der Waals surface area (Å²) in [6, 6.07) is 6.52. The van der Waals surface area contributed by atoms with E-state index < -0.39 is 0 Å². The normalized spacial score (nSPS) is 18.4. The van der Waals surface area contributed by atoms with Crippen LogP contribution in [0.3, 0.4) is 0 Å². The molecular formula is C23H29N5O2. The van der Waals surface area contributed by atoms with Crippen LogP contribution in [0.25, 0.3) is 0 Å². The maximum absolute atomic E-state index is 6.40. The maximum Gasteiger partial charge on any atom is 0.120 e. The van der Waals surface area contributed by atoms with Gasteiger partial charge in [0.15, 0.2) is 0 Å². The predicted octanol–water partition coefficient (Wildman–Crippen LogP) is 3.27. The van der Waals surface area contributed by atoms with E-state index in [9.17, 15) is 0 Å². The highest BCUT2D eigenvalue weighted by Gasteiger charge is 2.40. The molecule has 1 N–H and O–H groups in total. The third kappa shape index (κ3) is 3.87. The van der Waals surface area contributed by atoms with Gasteiger partial charge in [-0.3, -0.25) is 9.58 Å². The first-order chi connectivity index (χ1) is 14.7. The number of ether oxygens (including phenoxy) is 2. The van der Waals surface area contributed by atoms with Crippen LogP contribution in [0.1, 0.15) is 42.3 Å². The van der Waals surface area contributed by atoms with E-state index in [1.54, 1.807) is 0 Å². The Balaban J connectivity index is 1.25. The highest BCUT2D eigenvalue weighted by molar-refractivity contribution is 5.41. The van der Waals surface area contributed by atoms with Gasteiger partial charge in [0.2, 0.25) is 0 Å². The molecule has 5 rings (SSSR count). The molecule has 0 bridgehead atoms. The number of hydrogen-bond donors (Lipinski definition) is 1. The zero-order chi connectivity index (χ0) is 20.4. The van der Waals surface area contributed by atoms with E-state index in [1.807, 2.05) is 29.5 Å². The van der Waals surface area contributed by atoms with Crippen molar-refractivity contribution >= 4 is 0 Å². The van der Waals surface area contributed by atoms with Crippen LogP contribution in [0.5, 0.6) is 5.75 Å². The Morgan fingerprint density at radius 3 is 2.93 bits per heavy atom. The third-order valence-electron chi connectivity index (χ3n) is 6.33. The number of benzene rings is 1. The molecule has 1 fully saturated rings. The van der Waals surface area contributed by atoms with Crippen LogP contribution in [-0.4, -0.2) is 44.3 Å². The molecule has 0 amide bonds. The van der Waals surface area contributed by atoms with Gasteiger partial charge in [-0.05, 0) is 49.4 Å². The Labute approximate surface area is 177 Å². The first kappa shape index (κ1) is 19.3. The largest absolute Gasteiger partial charge is 0.489 e. The summed E-state index contributed by atoms with van der Waals surface area (Å²) >= 11 is 0. The average molecular weight is 408 g/mol. The second kappa shape index (κ2) is 8.24. The van der Waals surface area contributed by atoms with Crippen molar-refractivity contribution < 1.29 is 9.47 Å². The number of rotatable bonds is 6. The summed E-state index contributed by atoms with van der Waals surface area (Å²) in [4.78, 5) is 10.0. The molecule has 0 atom stereocenters. The molecule has 7 heteroatoms. The van der Waals surface area contributed by atoms with Crippen LogP contribution in [0.4, 0.5) is 0 Å². The second-order valence-corrected chi connectivity index (χ2v) is 8.22. The number of piperidine rings is 1. The molecule has 158 valence electrons. The van der Waals surface area contributed by atoms with Crippen molar-refractivity contribution in [3.63, 3.8) is 0 Å². The summed E-state index contributed by atoms with van der Waals surface area (Å²) in [6.07, 6.45) is 10.6. The number of aryl methyl sites for hydroxylation is 1. The molecule has 0 aliphatic carbocycles. The molecule has 0 unspecified atom stereocenters. The Hall–Kier alpha value is -2.64. The Kier molecular flexibility index (Phi) is 5.31. The Bertz CT molecular complexity index is 973. The number of imidazole rings is 1. The number of likely N-dealkylation sites (tertiary alicyclic amines) is 1. The van der Waals surface area contributed by atoms with Gasteiger partial charge in [-0.2, -0.15) is 5.10 Å². The van der Waals surface area contributed by atoms with Crippen LogP contribution in [0, 0.1) is 0 Å². The minimum atomic E-state index is -0.159. The van der Waals surface area contributed by atoms with Crippen LogP contribution < -0.4 is 4.74 Å². The van der Waals surface area contributed by atoms with E-state index >= 15 is 0 Å². The zero-order valence-corrected chi connectivity index (χ0v) is 17.5. The number of aromatic nitrogens is 4. The van der Waals surface area contributed by atoms with E-state index in [-0.39, 0.29) is 5.60 Å². The SMILES string of the molecule is CCn1cc(COc2ccc3c(c2)CCOC32CCN(Cc3ncc[nH]3)CC2)cn1. The van der Waals surface area contributed by atoms with Crippen molar-refractivity contribution in [3.8, 4) is 5.75 Å². The van der Waals surface area contributed by atoms with E-state index in [1.165, 1.54) is 11.1 Å². The molecule has 1 saturated heterocycles. The molecule has 1 spiro atoms. The van der Waals surface area contributed by atoms with Gasteiger partial charge in [0, 0.05) is 43.8 Å². The molecule has 30 heavy (non-hydrogen) atoms. The third-order valence-corrected chi connectivity index (χ3v) is 6.33. The first-order valence-corrected chi connectivity index (χ1v) is 10.9. The Morgan fingerprint density at radius 2 is 2.17 bits per heavy atom. The van der Waals surface area contributed by atoms with Gasteiger partial charge >= 0.3 is 0 Å². The molecular weight excluding hydrogens is 378 g/mol. The monoisotopic (exact) mass is 407 g/mol. The van der Waals surface area contributed by atoms with Gasteiger partial charge in [-0.1, -0.05) is 6.07 Å². The molecule has 0 saturated carbocycles. The standard InChI is InChI=1S/C23H29N5O2/c1-2-28-15-18(14-26-28)17-29-20-3-4-21-19(13-20)5-12-30-23(21)6-10-27(11-7-23)16-22-24-8-9-25-22/h3-4,8-9,13-15H,2,5-7,10-12,16-17H2,1H3,(H,24,25). The van der Waals surface area contributed by atoms with Crippen molar-refractivity contribution in [2.75, 3.05) is 19.7 Å². The van der Waals surface area contributed by atoms with Crippen molar-refractivity contribution in [3.05, 3.63) is 65.5 Å². The quantitative estimate of drug-likeness (QED) is 0.679. The molecule has 2 aliphatic heterocycles. The van der Waals surface area contributed by atoms with Gasteiger partial charge < -0.3 is 14.5 Å². The summed E-state index contributed by atoms with van der Waals surface area (Å²) in [6.45, 7) is 7.18. The average Bonchev–Trinajstić information content (AvgIpc) is 3.46. The number of hydrogen-bond acceptors (Lipinski definition) is 5. The van der Waals surface area contributed by atoms with Crippen LogP contribution in [-0.2, 0) is 36.5 Å². The summed E-state index contributed by atoms with van der Waals surface area (Å²) in [5, 5.41) is 4.31. The van der Waals surface area contributed by atoms with E-state index in [4.69, 9.17) is 9.47 Å². The maximum atomic E-state index is 6.40. The molecule has 3 aromatic rings. The smallest absolute Gasteiger partial charge is 0.120 e. The molecule has 7 nitrogen and oxygen atoms in total. The minimum Gasteiger partial charge on any atom is -0.489 e. The lowest BCUT2D eigenvalue weighted by molar-refractivity contribution is -0.0991. The van der Waals surface area contributed by atoms with Gasteiger partial charge in [0.05, 0.1) is 24.9 Å². The van der Waals surface area contributed by atoms with Gasteiger partial charge in [0.1, 0.15) is 18.2 Å². The van der Waals surface area contributed by atoms with Crippen molar-refractivity contribution in [2.24, 2.45) is 0 Å². The molecule has 2 aliphatic rings. The minimum absolute atomic E-state index is 0.159. The molecule has 1 aromatic carbocycles. The van der Waals surface area contributed by atoms with Crippen LogP contribution in [0.15, 0.2) is 43.0 Å². The van der Waals surface area contributed by atoms with E-state index in [0.717, 1.165) is 69.2 Å². The van der Waals surface area contributed by atoms with Crippen molar-refractivity contribution in [2.45, 2.75) is 51.5 Å². The van der Waals surface area contributed by atoms with Gasteiger partial charge in [0.25, 0.3) is 0 Å². The first-order valence-electron chi connectivity index (χ1n) is 10.9. The molecule has 2 aromatic heterocycles. The van der Waals surface area contributed by atoms with Crippen molar-refractivity contribution in [1.82, 2.24) is 24.6 Å². The van der Waals surface area contributed by atoms with Crippen LogP contribution >= 0.6 is 0 Å². The number of H-pyrrole nitrogens is 1. The fourth-order valence-corrected chi connectivity index (χ4v) is 4.65. The molecule has 4 heterocycles. The highest BCUT2D eigenvalue weighted by atomic mass is 16.5. The summed E-state index contributed by atoms with van der Waals surface area (Å²) < 4.78 is 14.4. The summed E-state index contributed by atoms with van der Waals surface area (Å²) in [7, 11) is 0. The summed E-state index contributed by atoms with van der Waals surface area (Å²) in [5.74, 6) is 1.95. The lowest BCUT2D eigenvalue weighted by Gasteiger charge is -2.45. The highest BCUT2D eigenvalue weighted by Crippen LogP contribution is 2.42. The lowest BCUT2D eigenvalue weighted by Crippen LogP contribution is -2.46. The fourth-order valence-electron chi connectivity index (χ4n) is 4.65. The lowest BCUT2D eigenvalue weighted by atomic mass is 9.79. The van der Waals surface area contributed by atoms with E-state index in [0.29, 0.717) is 6.61 Å². The van der Waals surface area contributed by atoms with Gasteiger partial charge in [-0.15, -0.1) is 0 Å². The van der Waals surface area contributed by atoms with Crippen molar-refractivity contribution in [1.29, 1.82) is 0 Å². The fraction of sp³-hybridized carbons (Fsp3) is 0.478. The predicted molar refractivity (Wildman–Crippen MR) is 113 cm³/mol. The number of fused-ring (bicyclic) bond motifs is 2. The van der Waals surface area contributed by atoms with Crippen LogP contribution in [0.2, 0.25) is 0 Å². The zero-order valence-electron chi connectivity index (χ0n) is 17.5. The van der Waals surface area contributed by atoms with Gasteiger partial charge in [-0.25, -0.2) is 4.98 Å². The topological polar surface area (TPSA) is 68.2 Å². The summed E-state index contributed by atoms with van der Waals surface area (Å²) in [5.41, 5.74) is 3.65. The second-order valence-electron chi connectivity index (χ2n) is 8.22. The number of nitrogens with zero attached hydrogens (tertiary/aromatic N) is 4. The molecule has 0 radical (unpaired) electrons. The Morgan fingerprint density at radius 1 is 1.27 bits per heavy atom. The number of nitrogens with one attached hydrogen (secondary N) is 1.